The van der Waals surface area contributed by atoms with Gasteiger partial charge in [-0.05, 0) is 50.5 Å². The number of ether oxygens (including phenoxy) is 3. The normalized spacial score (nSPS) is 18.9. The van der Waals surface area contributed by atoms with Gasteiger partial charge in [0.25, 0.3) is 0 Å². The van der Waals surface area contributed by atoms with Gasteiger partial charge >= 0.3 is 35.5 Å². The van der Waals surface area contributed by atoms with Crippen molar-refractivity contribution in [3.63, 3.8) is 0 Å². The zero-order valence-corrected chi connectivity index (χ0v) is 13.7. The second kappa shape index (κ2) is 10.6. The molecule has 1 heterocycles. The van der Waals surface area contributed by atoms with E-state index < -0.39 is 5.60 Å². The number of benzene rings is 1. The Bertz CT molecular complexity index is 474. The third-order valence-electron chi connectivity index (χ3n) is 3.70. The van der Waals surface area contributed by atoms with Gasteiger partial charge in [0.05, 0.1) is 19.8 Å². The zero-order valence-electron chi connectivity index (χ0n) is 13.0. The van der Waals surface area contributed by atoms with E-state index in [1.165, 1.54) is 0 Å². The van der Waals surface area contributed by atoms with Crippen molar-refractivity contribution < 1.29 is 19.0 Å². The quantitative estimate of drug-likeness (QED) is 0.281. The molecule has 124 valence electrons. The van der Waals surface area contributed by atoms with Gasteiger partial charge in [0, 0.05) is 5.02 Å². The van der Waals surface area contributed by atoms with E-state index in [9.17, 15) is 4.79 Å². The summed E-state index contributed by atoms with van der Waals surface area (Å²) >= 11 is 5.82. The molecule has 0 amide bonds. The van der Waals surface area contributed by atoms with Crippen molar-refractivity contribution in [3.8, 4) is 5.75 Å². The van der Waals surface area contributed by atoms with Crippen molar-refractivity contribution in [2.45, 2.75) is 44.6 Å². The van der Waals surface area contributed by atoms with Gasteiger partial charge < -0.3 is 14.2 Å². The monoisotopic (exact) mass is 350 g/mol. The van der Waals surface area contributed by atoms with Crippen molar-refractivity contribution in [3.05, 3.63) is 29.3 Å². The van der Waals surface area contributed by atoms with E-state index in [0.29, 0.717) is 24.8 Å². The molecule has 23 heavy (non-hydrogen) atoms. The number of carbonyl (C=O) groups excluding carboxylic acids is 1. The van der Waals surface area contributed by atoms with Crippen LogP contribution in [0.3, 0.4) is 0 Å². The Hall–Kier alpha value is -0.260. The van der Waals surface area contributed by atoms with Crippen molar-refractivity contribution in [2.75, 3.05) is 19.8 Å². The maximum absolute atomic E-state index is 11.7. The van der Waals surface area contributed by atoms with Gasteiger partial charge in [-0.15, -0.1) is 0 Å². The molecule has 1 atom stereocenters. The van der Waals surface area contributed by atoms with Gasteiger partial charge in [-0.25, -0.2) is 4.79 Å². The van der Waals surface area contributed by atoms with Crippen LogP contribution in [0.1, 0.15) is 39.0 Å². The van der Waals surface area contributed by atoms with Gasteiger partial charge in [0.15, 0.2) is 5.60 Å². The number of epoxide rings is 1. The van der Waals surface area contributed by atoms with Crippen LogP contribution >= 0.6 is 11.6 Å². The third kappa shape index (κ3) is 7.02. The first kappa shape index (κ1) is 20.8. The fraction of sp³-hybridized carbons (Fsp3) is 0.588. The molecule has 0 unspecified atom stereocenters. The minimum absolute atomic E-state index is 0. The summed E-state index contributed by atoms with van der Waals surface area (Å²) in [6, 6.07) is 7.38. The van der Waals surface area contributed by atoms with Gasteiger partial charge in [0.1, 0.15) is 5.75 Å². The van der Waals surface area contributed by atoms with Crippen molar-refractivity contribution in [1.29, 1.82) is 0 Å². The topological polar surface area (TPSA) is 48.1 Å². The van der Waals surface area contributed by atoms with Crippen molar-refractivity contribution in [1.82, 2.24) is 0 Å². The SMILES string of the molecule is CCOC(=O)[C@@]1(CCCCCCOc2ccc(Cl)cc2)CO1.[NaH]. The van der Waals surface area contributed by atoms with Crippen molar-refractivity contribution >= 4 is 47.1 Å². The van der Waals surface area contributed by atoms with E-state index in [-0.39, 0.29) is 35.5 Å². The summed E-state index contributed by atoms with van der Waals surface area (Å²) in [4.78, 5) is 11.7. The molecule has 1 saturated heterocycles. The predicted octanol–water partition coefficient (Wildman–Crippen LogP) is 3.35. The van der Waals surface area contributed by atoms with Crippen LogP contribution in [-0.4, -0.2) is 60.9 Å². The molecule has 1 aromatic carbocycles. The molecular weight excluding hydrogens is 327 g/mol. The molecule has 0 aliphatic carbocycles. The van der Waals surface area contributed by atoms with Gasteiger partial charge in [-0.1, -0.05) is 24.4 Å². The second-order valence-electron chi connectivity index (χ2n) is 5.47. The summed E-state index contributed by atoms with van der Waals surface area (Å²) in [5.41, 5.74) is -0.629. The number of hydrogen-bond acceptors (Lipinski definition) is 4. The Morgan fingerprint density at radius 2 is 1.87 bits per heavy atom. The first-order chi connectivity index (χ1) is 10.7. The summed E-state index contributed by atoms with van der Waals surface area (Å²) in [6.45, 7) is 3.42. The zero-order chi connectivity index (χ0) is 15.8. The van der Waals surface area contributed by atoms with E-state index in [1.807, 2.05) is 31.2 Å². The summed E-state index contributed by atoms with van der Waals surface area (Å²) < 4.78 is 16.0. The van der Waals surface area contributed by atoms with Crippen LogP contribution in [-0.2, 0) is 14.3 Å². The molecule has 6 heteroatoms. The van der Waals surface area contributed by atoms with Crippen LogP contribution in [0.5, 0.6) is 5.75 Å². The molecule has 4 nitrogen and oxygen atoms in total. The molecule has 1 aromatic rings. The molecule has 1 fully saturated rings. The maximum atomic E-state index is 11.7. The minimum atomic E-state index is -0.629. The Balaban J connectivity index is 0.00000264. The molecule has 1 aliphatic heterocycles. The van der Waals surface area contributed by atoms with Crippen LogP contribution in [0.25, 0.3) is 0 Å². The summed E-state index contributed by atoms with van der Waals surface area (Å²) in [5.74, 6) is 0.637. The summed E-state index contributed by atoms with van der Waals surface area (Å²) in [7, 11) is 0. The third-order valence-corrected chi connectivity index (χ3v) is 3.95. The molecule has 1 aliphatic rings. The van der Waals surface area contributed by atoms with E-state index >= 15 is 0 Å². The Kier molecular flexibility index (Phi) is 9.55. The van der Waals surface area contributed by atoms with E-state index in [1.54, 1.807) is 0 Å². The van der Waals surface area contributed by atoms with E-state index in [0.717, 1.165) is 37.9 Å². The number of rotatable bonds is 10. The molecule has 0 saturated carbocycles. The number of unbranched alkanes of at least 4 members (excludes halogenated alkanes) is 3. The molecular formula is C17H24ClNaO4. The second-order valence-corrected chi connectivity index (χ2v) is 5.91. The predicted molar refractivity (Wildman–Crippen MR) is 92.5 cm³/mol. The molecule has 0 N–H and O–H groups in total. The van der Waals surface area contributed by atoms with Gasteiger partial charge in [0.2, 0.25) is 0 Å². The first-order valence-electron chi connectivity index (χ1n) is 7.86. The summed E-state index contributed by atoms with van der Waals surface area (Å²) in [6.07, 6.45) is 4.86. The van der Waals surface area contributed by atoms with E-state index in [2.05, 4.69) is 0 Å². The van der Waals surface area contributed by atoms with Crippen LogP contribution in [0.2, 0.25) is 5.02 Å². The standard InChI is InChI=1S/C17H23ClO4.Na.H/c1-2-20-16(19)17(13-22-17)11-5-3-4-6-12-21-15-9-7-14(18)8-10-15;;/h7-10H,2-6,11-13H2,1H3;;/t17-;;/m1../s1. The average molecular weight is 351 g/mol. The number of carbonyl (C=O) groups is 1. The average Bonchev–Trinajstić information content (AvgIpc) is 3.30. The van der Waals surface area contributed by atoms with Crippen LogP contribution in [0.4, 0.5) is 0 Å². The first-order valence-corrected chi connectivity index (χ1v) is 8.24. The van der Waals surface area contributed by atoms with E-state index in [4.69, 9.17) is 25.8 Å². The Morgan fingerprint density at radius 1 is 1.22 bits per heavy atom. The van der Waals surface area contributed by atoms with Gasteiger partial charge in [-0.3, -0.25) is 0 Å². The molecule has 0 bridgehead atoms. The van der Waals surface area contributed by atoms with Crippen LogP contribution in [0.15, 0.2) is 24.3 Å². The molecule has 0 radical (unpaired) electrons. The number of esters is 1. The fourth-order valence-electron chi connectivity index (χ4n) is 2.30. The summed E-state index contributed by atoms with van der Waals surface area (Å²) in [5, 5.41) is 0.713. The Morgan fingerprint density at radius 3 is 2.48 bits per heavy atom. The van der Waals surface area contributed by atoms with Crippen LogP contribution in [0, 0.1) is 0 Å². The molecule has 0 spiro atoms. The number of halogens is 1. The van der Waals surface area contributed by atoms with Gasteiger partial charge in [-0.2, -0.15) is 0 Å². The fourth-order valence-corrected chi connectivity index (χ4v) is 2.43. The van der Waals surface area contributed by atoms with Crippen molar-refractivity contribution in [2.24, 2.45) is 0 Å². The molecule has 0 aromatic heterocycles. The number of hydrogen-bond donors (Lipinski definition) is 0. The van der Waals surface area contributed by atoms with Crippen LogP contribution < -0.4 is 4.74 Å². The molecule has 2 rings (SSSR count). The Labute approximate surface area is 165 Å².